The lowest BCUT2D eigenvalue weighted by Crippen LogP contribution is -2.20. The fourth-order valence-electron chi connectivity index (χ4n) is 2.17. The summed E-state index contributed by atoms with van der Waals surface area (Å²) >= 11 is 1.17. The molecule has 1 aromatic heterocycles. The molecule has 0 atom stereocenters. The van der Waals surface area contributed by atoms with Crippen molar-refractivity contribution in [1.29, 1.82) is 0 Å². The van der Waals surface area contributed by atoms with Gasteiger partial charge >= 0.3 is 12.0 Å². The molecule has 0 spiro atoms. The Morgan fingerprint density at radius 2 is 1.73 bits per heavy atom. The molecule has 6 heteroatoms. The summed E-state index contributed by atoms with van der Waals surface area (Å²) in [7, 11) is 0. The molecule has 0 radical (unpaired) electrons. The van der Waals surface area contributed by atoms with Crippen LogP contribution in [-0.4, -0.2) is 17.1 Å². The molecule has 5 nitrogen and oxygen atoms in total. The highest BCUT2D eigenvalue weighted by Crippen LogP contribution is 2.25. The largest absolute Gasteiger partial charge is 0.478 e. The molecular formula is C16H12N2O3S. The number of thiophene rings is 1. The van der Waals surface area contributed by atoms with Crippen molar-refractivity contribution in [3.05, 3.63) is 59.5 Å². The van der Waals surface area contributed by atoms with Crippen molar-refractivity contribution < 1.29 is 14.7 Å². The van der Waals surface area contributed by atoms with E-state index >= 15 is 0 Å². The second kappa shape index (κ2) is 5.87. The van der Waals surface area contributed by atoms with Crippen LogP contribution in [0.2, 0.25) is 0 Å². The standard InChI is InChI=1S/C16H12N2O3S/c19-15(20)12-8-9-22-14(12)18-16(21)17-13-7-3-5-10-4-1-2-6-11(10)13/h1-9H,(H,19,20)(H2,17,18,21). The smallest absolute Gasteiger partial charge is 0.338 e. The molecule has 3 rings (SSSR count). The number of carboxylic acids is 1. The highest BCUT2D eigenvalue weighted by molar-refractivity contribution is 7.14. The van der Waals surface area contributed by atoms with Gasteiger partial charge in [0.2, 0.25) is 0 Å². The number of carboxylic acid groups (broad SMARTS) is 1. The summed E-state index contributed by atoms with van der Waals surface area (Å²) in [4.78, 5) is 23.1. The summed E-state index contributed by atoms with van der Waals surface area (Å²) in [5.41, 5.74) is 0.752. The number of benzene rings is 2. The van der Waals surface area contributed by atoms with E-state index in [0.717, 1.165) is 10.8 Å². The molecule has 0 fully saturated rings. The van der Waals surface area contributed by atoms with E-state index < -0.39 is 12.0 Å². The lowest BCUT2D eigenvalue weighted by atomic mass is 10.1. The Morgan fingerprint density at radius 1 is 0.955 bits per heavy atom. The number of nitrogens with one attached hydrogen (secondary N) is 2. The summed E-state index contributed by atoms with van der Waals surface area (Å²) in [6.45, 7) is 0. The van der Waals surface area contributed by atoms with E-state index in [4.69, 9.17) is 5.11 Å². The Balaban J connectivity index is 1.82. The van der Waals surface area contributed by atoms with Crippen LogP contribution >= 0.6 is 11.3 Å². The Bertz CT molecular complexity index is 852. The van der Waals surface area contributed by atoms with Crippen LogP contribution in [0.25, 0.3) is 10.8 Å². The van der Waals surface area contributed by atoms with Crippen LogP contribution in [0.4, 0.5) is 15.5 Å². The molecule has 0 unspecified atom stereocenters. The Hall–Kier alpha value is -2.86. The van der Waals surface area contributed by atoms with Gasteiger partial charge in [0.25, 0.3) is 0 Å². The molecule has 0 bridgehead atoms. The van der Waals surface area contributed by atoms with Gasteiger partial charge in [-0.3, -0.25) is 5.32 Å². The van der Waals surface area contributed by atoms with Gasteiger partial charge in [-0.1, -0.05) is 36.4 Å². The summed E-state index contributed by atoms with van der Waals surface area (Å²) in [5.74, 6) is -1.07. The van der Waals surface area contributed by atoms with Crippen molar-refractivity contribution in [3.63, 3.8) is 0 Å². The maximum absolute atomic E-state index is 12.1. The fourth-order valence-corrected chi connectivity index (χ4v) is 2.94. The SMILES string of the molecule is O=C(Nc1sccc1C(=O)O)Nc1cccc2ccccc12. The molecule has 1 heterocycles. The lowest BCUT2D eigenvalue weighted by Gasteiger charge is -2.09. The maximum atomic E-state index is 12.1. The first-order chi connectivity index (χ1) is 10.6. The number of fused-ring (bicyclic) bond motifs is 1. The monoisotopic (exact) mass is 312 g/mol. The minimum absolute atomic E-state index is 0.0815. The first kappa shape index (κ1) is 14.1. The second-order valence-electron chi connectivity index (χ2n) is 4.57. The van der Waals surface area contributed by atoms with Crippen LogP contribution in [0, 0.1) is 0 Å². The zero-order valence-corrected chi connectivity index (χ0v) is 12.2. The van der Waals surface area contributed by atoms with Crippen molar-refractivity contribution in [1.82, 2.24) is 0 Å². The molecule has 3 aromatic rings. The van der Waals surface area contributed by atoms with Gasteiger partial charge in [0.15, 0.2) is 0 Å². The molecule has 2 aromatic carbocycles. The number of rotatable bonds is 3. The second-order valence-corrected chi connectivity index (χ2v) is 5.49. The summed E-state index contributed by atoms with van der Waals surface area (Å²) in [6, 6.07) is 14.3. The molecule has 110 valence electrons. The number of urea groups is 1. The van der Waals surface area contributed by atoms with Gasteiger partial charge in [-0.05, 0) is 22.9 Å². The number of hydrogen-bond acceptors (Lipinski definition) is 3. The third-order valence-corrected chi connectivity index (χ3v) is 3.99. The summed E-state index contributed by atoms with van der Waals surface area (Å²) in [6.07, 6.45) is 0. The number of hydrogen-bond donors (Lipinski definition) is 3. The topological polar surface area (TPSA) is 78.4 Å². The van der Waals surface area contributed by atoms with Gasteiger partial charge in [-0.15, -0.1) is 11.3 Å². The van der Waals surface area contributed by atoms with Crippen LogP contribution in [0.5, 0.6) is 0 Å². The first-order valence-corrected chi connectivity index (χ1v) is 7.39. The zero-order chi connectivity index (χ0) is 15.5. The highest BCUT2D eigenvalue weighted by atomic mass is 32.1. The third-order valence-electron chi connectivity index (χ3n) is 3.16. The van der Waals surface area contributed by atoms with E-state index in [0.29, 0.717) is 10.7 Å². The predicted octanol–water partition coefficient (Wildman–Crippen LogP) is 4.24. The number of anilines is 2. The van der Waals surface area contributed by atoms with E-state index in [9.17, 15) is 9.59 Å². The number of amides is 2. The molecule has 22 heavy (non-hydrogen) atoms. The molecule has 0 saturated carbocycles. The predicted molar refractivity (Wildman–Crippen MR) is 87.9 cm³/mol. The van der Waals surface area contributed by atoms with Crippen molar-refractivity contribution in [2.75, 3.05) is 10.6 Å². The Morgan fingerprint density at radius 3 is 2.55 bits per heavy atom. The number of aromatic carboxylic acids is 1. The highest BCUT2D eigenvalue weighted by Gasteiger charge is 2.14. The Labute approximate surface area is 130 Å². The molecule has 2 amide bonds. The van der Waals surface area contributed by atoms with E-state index in [-0.39, 0.29) is 5.56 Å². The molecule has 0 saturated heterocycles. The summed E-state index contributed by atoms with van der Waals surface area (Å²) in [5, 5.41) is 18.2. The fraction of sp³-hybridized carbons (Fsp3) is 0. The molecule has 0 aliphatic heterocycles. The molecular weight excluding hydrogens is 300 g/mol. The van der Waals surface area contributed by atoms with Crippen molar-refractivity contribution in [2.45, 2.75) is 0 Å². The van der Waals surface area contributed by atoms with Crippen molar-refractivity contribution >= 4 is 44.8 Å². The number of carbonyl (C=O) groups excluding carboxylic acids is 1. The third kappa shape index (κ3) is 2.77. The van der Waals surface area contributed by atoms with E-state index in [2.05, 4.69) is 10.6 Å². The average molecular weight is 312 g/mol. The van der Waals surface area contributed by atoms with Crippen LogP contribution in [0.15, 0.2) is 53.9 Å². The van der Waals surface area contributed by atoms with Crippen LogP contribution in [-0.2, 0) is 0 Å². The normalized spacial score (nSPS) is 10.4. The quantitative estimate of drug-likeness (QED) is 0.676. The van der Waals surface area contributed by atoms with Gasteiger partial charge in [0, 0.05) is 5.39 Å². The van der Waals surface area contributed by atoms with Crippen LogP contribution in [0.3, 0.4) is 0 Å². The van der Waals surface area contributed by atoms with E-state index in [1.165, 1.54) is 17.4 Å². The van der Waals surface area contributed by atoms with Gasteiger partial charge in [-0.2, -0.15) is 0 Å². The zero-order valence-electron chi connectivity index (χ0n) is 11.4. The van der Waals surface area contributed by atoms with Gasteiger partial charge in [0.05, 0.1) is 11.3 Å². The maximum Gasteiger partial charge on any atom is 0.338 e. The Kier molecular flexibility index (Phi) is 3.76. The van der Waals surface area contributed by atoms with Gasteiger partial charge < -0.3 is 10.4 Å². The molecule has 0 aliphatic rings. The van der Waals surface area contributed by atoms with Crippen LogP contribution in [0.1, 0.15) is 10.4 Å². The van der Waals surface area contributed by atoms with Crippen LogP contribution < -0.4 is 10.6 Å². The van der Waals surface area contributed by atoms with Gasteiger partial charge in [0.1, 0.15) is 5.00 Å². The van der Waals surface area contributed by atoms with Gasteiger partial charge in [-0.25, -0.2) is 9.59 Å². The van der Waals surface area contributed by atoms with E-state index in [1.54, 1.807) is 11.4 Å². The van der Waals surface area contributed by atoms with E-state index in [1.807, 2.05) is 36.4 Å². The lowest BCUT2D eigenvalue weighted by molar-refractivity contribution is 0.0698. The average Bonchev–Trinajstić information content (AvgIpc) is 2.96. The first-order valence-electron chi connectivity index (χ1n) is 6.52. The minimum atomic E-state index is -1.07. The minimum Gasteiger partial charge on any atom is -0.478 e. The van der Waals surface area contributed by atoms with Crippen molar-refractivity contribution in [2.24, 2.45) is 0 Å². The molecule has 0 aliphatic carbocycles. The summed E-state index contributed by atoms with van der Waals surface area (Å²) < 4.78 is 0. The molecule has 3 N–H and O–H groups in total. The van der Waals surface area contributed by atoms with Crippen molar-refractivity contribution in [3.8, 4) is 0 Å². The number of carbonyl (C=O) groups is 2.